The van der Waals surface area contributed by atoms with E-state index in [2.05, 4.69) is 42.0 Å². The summed E-state index contributed by atoms with van der Waals surface area (Å²) in [6.45, 7) is 5.87. The van der Waals surface area contributed by atoms with Gasteiger partial charge >= 0.3 is 59.1 Å². The molecular weight excluding hydrogens is 795 g/mol. The van der Waals surface area contributed by atoms with Gasteiger partial charge in [-0.15, -0.1) is 0 Å². The van der Waals surface area contributed by atoms with Crippen LogP contribution in [0.1, 0.15) is 110 Å². The number of hydrogen-bond donors (Lipinski definition) is 2. The first-order valence-electron chi connectivity index (χ1n) is 20.3. The van der Waals surface area contributed by atoms with Crippen LogP contribution in [-0.2, 0) is 71.4 Å². The Balaban J connectivity index is 0.000000214. The average molecular weight is 851 g/mol. The van der Waals surface area contributed by atoms with Crippen LogP contribution in [0.25, 0.3) is 9.44 Å². The third-order valence-corrected chi connectivity index (χ3v) is 14.9. The number of amides is 4. The fourth-order valence-corrected chi connectivity index (χ4v) is 11.2. The number of nitrogens with zero attached hydrogens (tertiary/aromatic N) is 4. The summed E-state index contributed by atoms with van der Waals surface area (Å²) in [6.07, 6.45) is 19.3. The number of likely N-dealkylation sites (tertiary alicyclic amines) is 2. The van der Waals surface area contributed by atoms with Gasteiger partial charge in [-0.1, -0.05) is 24.3 Å². The number of carbonyl (C=O) groups is 2. The number of hydrogen-bond acceptors (Lipinski definition) is 8. The molecule has 0 saturated carbocycles. The molecule has 2 aromatic rings. The van der Waals surface area contributed by atoms with Crippen molar-refractivity contribution in [2.24, 2.45) is 0 Å². The molecule has 4 amide bonds. The zero-order chi connectivity index (χ0) is 39.9. The number of benzene rings is 2. The maximum Gasteiger partial charge on any atom is 1.00 e. The molecule has 4 aliphatic carbocycles. The van der Waals surface area contributed by atoms with Crippen LogP contribution in [0, 0.1) is 0 Å². The van der Waals surface area contributed by atoms with E-state index in [9.17, 15) is 26.4 Å². The average Bonchev–Trinajstić information content (AvgIpc) is 3.99. The molecule has 2 fully saturated rings. The van der Waals surface area contributed by atoms with Crippen molar-refractivity contribution in [2.45, 2.75) is 128 Å². The fraction of sp³-hybridized carbons (Fsp3) is 0.571. The van der Waals surface area contributed by atoms with Crippen molar-refractivity contribution >= 4 is 43.5 Å². The van der Waals surface area contributed by atoms with Crippen LogP contribution in [0.15, 0.2) is 35.1 Å². The molecular formula is C42H56N6Na2O6S2. The Morgan fingerprint density at radius 2 is 0.879 bits per heavy atom. The van der Waals surface area contributed by atoms with Crippen molar-refractivity contribution in [1.29, 1.82) is 0 Å². The number of urea groups is 2. The molecule has 2 aliphatic heterocycles. The van der Waals surface area contributed by atoms with E-state index in [0.717, 1.165) is 160 Å². The van der Waals surface area contributed by atoms with E-state index in [1.165, 1.54) is 22.3 Å². The van der Waals surface area contributed by atoms with Gasteiger partial charge in [0.15, 0.2) is 32.1 Å². The number of anilines is 2. The Bertz CT molecular complexity index is 1980. The Morgan fingerprint density at radius 3 is 1.16 bits per heavy atom. The predicted molar refractivity (Wildman–Crippen MR) is 222 cm³/mol. The molecule has 2 atom stereocenters. The van der Waals surface area contributed by atoms with Gasteiger partial charge in [-0.2, -0.15) is 0 Å². The Morgan fingerprint density at radius 1 is 0.569 bits per heavy atom. The maximum absolute atomic E-state index is 12.5. The van der Waals surface area contributed by atoms with Crippen molar-refractivity contribution in [1.82, 2.24) is 9.80 Å². The molecule has 2 heterocycles. The molecule has 8 rings (SSSR count). The second-order valence-electron chi connectivity index (χ2n) is 16.9. The van der Waals surface area contributed by atoms with E-state index in [1.54, 1.807) is 12.2 Å². The van der Waals surface area contributed by atoms with Gasteiger partial charge in [0.2, 0.25) is 0 Å². The Kier molecular flexibility index (Phi) is 15.6. The summed E-state index contributed by atoms with van der Waals surface area (Å²) in [5.41, 5.74) is 10.8. The summed E-state index contributed by atoms with van der Waals surface area (Å²) in [6, 6.07) is 2.94. The number of carbonyl (C=O) groups excluding carboxylic acids is 2. The summed E-state index contributed by atoms with van der Waals surface area (Å²) < 4.78 is 56.5. The normalized spacial score (nSPS) is 23.7. The van der Waals surface area contributed by atoms with Gasteiger partial charge in [0.25, 0.3) is 0 Å². The van der Waals surface area contributed by atoms with Crippen molar-refractivity contribution < 1.29 is 85.5 Å². The molecule has 0 radical (unpaired) electrons. The van der Waals surface area contributed by atoms with Gasteiger partial charge in [0.1, 0.15) is 0 Å². The van der Waals surface area contributed by atoms with Gasteiger partial charge in [-0.05, 0) is 200 Å². The first-order chi connectivity index (χ1) is 26.5. The molecule has 0 aromatic heterocycles. The quantitative estimate of drug-likeness (QED) is 0.381. The molecule has 0 unspecified atom stereocenters. The van der Waals surface area contributed by atoms with E-state index in [4.69, 9.17) is 0 Å². The minimum Gasteiger partial charge on any atom is -0.423 e. The third kappa shape index (κ3) is 10.7. The van der Waals surface area contributed by atoms with E-state index >= 15 is 0 Å². The largest absolute Gasteiger partial charge is 1.00 e. The number of rotatable bonds is 8. The number of likely N-dealkylation sites (N-methyl/N-ethyl adjacent to an activating group) is 2. The van der Waals surface area contributed by atoms with E-state index in [-0.39, 0.29) is 70.2 Å². The fourth-order valence-electron chi connectivity index (χ4n) is 9.61. The zero-order valence-electron chi connectivity index (χ0n) is 35.2. The van der Waals surface area contributed by atoms with E-state index in [1.807, 2.05) is 27.9 Å². The predicted octanol–water partition coefficient (Wildman–Crippen LogP) is 1.80. The maximum atomic E-state index is 12.5. The van der Waals surface area contributed by atoms with Crippen molar-refractivity contribution in [2.75, 3.05) is 37.8 Å². The van der Waals surface area contributed by atoms with Crippen molar-refractivity contribution in [3.8, 4) is 0 Å². The second-order valence-corrected chi connectivity index (χ2v) is 19.9. The Labute approximate surface area is 389 Å². The topological polar surface area (TPSA) is 161 Å². The molecule has 6 aliphatic rings. The van der Waals surface area contributed by atoms with Crippen LogP contribution >= 0.6 is 0 Å². The van der Waals surface area contributed by atoms with Gasteiger partial charge in [0.05, 0.1) is 0 Å². The zero-order valence-corrected chi connectivity index (χ0v) is 40.9. The molecule has 304 valence electrons. The summed E-state index contributed by atoms with van der Waals surface area (Å²) in [4.78, 5) is 29.2. The van der Waals surface area contributed by atoms with E-state index < -0.39 is 32.1 Å². The van der Waals surface area contributed by atoms with Gasteiger partial charge < -0.3 is 20.1 Å². The minimum absolute atomic E-state index is 0. The van der Waals surface area contributed by atoms with E-state index in [0.29, 0.717) is 0 Å². The monoisotopic (exact) mass is 850 g/mol. The second kappa shape index (κ2) is 19.1. The van der Waals surface area contributed by atoms with Crippen molar-refractivity contribution in [3.05, 3.63) is 89.1 Å². The van der Waals surface area contributed by atoms with Crippen molar-refractivity contribution in [3.63, 3.8) is 0 Å². The third-order valence-electron chi connectivity index (χ3n) is 13.1. The van der Waals surface area contributed by atoms with Crippen LogP contribution in [-0.4, -0.2) is 77.0 Å². The standard InChI is InChI=1S/2C21H29N3O3S.2Na/c2*1-21(10-5-12-24(21)2)11-13-28(26,27)23-20(25)22-19-17-8-3-6-15(17)14-16-7-4-9-18(16)19;;/h2*11,13-14H,3-10,12H2,1-2H3,(H2,22,23,25);;/q;;2*+1/p-2/b2*13-11+;;/t2*21-;;/m11../s1. The number of sulfonamides is 2. The molecule has 2 saturated heterocycles. The van der Waals surface area contributed by atoms with Gasteiger partial charge in [0, 0.05) is 21.9 Å². The van der Waals surface area contributed by atoms with Crippen LogP contribution in [0.4, 0.5) is 21.0 Å². The van der Waals surface area contributed by atoms with Crippen LogP contribution < -0.4 is 69.7 Å². The first-order valence-corrected chi connectivity index (χ1v) is 23.3. The summed E-state index contributed by atoms with van der Waals surface area (Å²) >= 11 is 0. The van der Waals surface area contributed by atoms with Gasteiger partial charge in [-0.3, -0.25) is 19.4 Å². The van der Waals surface area contributed by atoms with Crippen LogP contribution in [0.3, 0.4) is 0 Å². The molecule has 2 N–H and O–H groups in total. The summed E-state index contributed by atoms with van der Waals surface area (Å²) in [5, 5.41) is 7.79. The minimum atomic E-state index is -3.97. The van der Waals surface area contributed by atoms with Crippen LogP contribution in [0.5, 0.6) is 0 Å². The molecule has 16 heteroatoms. The number of aryl methyl sites for hydroxylation is 4. The smallest absolute Gasteiger partial charge is 0.423 e. The van der Waals surface area contributed by atoms with Gasteiger partial charge in [-0.25, -0.2) is 16.8 Å². The summed E-state index contributed by atoms with van der Waals surface area (Å²) in [7, 11) is -3.99. The molecule has 58 heavy (non-hydrogen) atoms. The molecule has 2 aromatic carbocycles. The molecule has 12 nitrogen and oxygen atoms in total. The Hall–Kier alpha value is -1.72. The number of fused-ring (bicyclic) bond motifs is 4. The SMILES string of the molecule is CN1CCC[C@]1(C)/C=C/S(=O)(=O)[N-]C(=O)Nc1c2c(cc3c1CCC3)CCC2.CN1CCC[C@]1(C)/C=C/S(=O)(=O)[N-]C(=O)Nc1c2c(cc3c1CCC3)CCC2.[Na+].[Na+]. The molecule has 0 bridgehead atoms. The first kappa shape index (κ1) is 47.3. The van der Waals surface area contributed by atoms with Crippen LogP contribution in [0.2, 0.25) is 0 Å². The molecule has 0 spiro atoms. The number of nitrogens with one attached hydrogen (secondary N) is 2. The summed E-state index contributed by atoms with van der Waals surface area (Å²) in [5.74, 6) is 0.